The van der Waals surface area contributed by atoms with Gasteiger partial charge in [-0.15, -0.1) is 0 Å². The maximum atomic E-state index is 13.7. The Morgan fingerprint density at radius 2 is 1.56 bits per heavy atom. The molecule has 0 atom stereocenters. The van der Waals surface area contributed by atoms with Gasteiger partial charge in [-0.3, -0.25) is 9.10 Å². The van der Waals surface area contributed by atoms with Crippen molar-refractivity contribution in [3.05, 3.63) is 124 Å². The highest BCUT2D eigenvalue weighted by atomic mass is 35.5. The number of aryl methyl sites for hydroxylation is 2. The normalized spacial score (nSPS) is 11.2. The summed E-state index contributed by atoms with van der Waals surface area (Å²) in [5.74, 6) is 0.529. The molecule has 0 unspecified atom stereocenters. The van der Waals surface area contributed by atoms with Crippen LogP contribution in [0, 0.1) is 6.92 Å². The highest BCUT2D eigenvalue weighted by molar-refractivity contribution is 7.92. The van der Waals surface area contributed by atoms with E-state index < -0.39 is 10.0 Å². The molecule has 0 aliphatic heterocycles. The van der Waals surface area contributed by atoms with Crippen LogP contribution in [-0.4, -0.2) is 27.5 Å². The highest BCUT2D eigenvalue weighted by Gasteiger charge is 2.26. The van der Waals surface area contributed by atoms with Gasteiger partial charge in [0.1, 0.15) is 12.4 Å². The van der Waals surface area contributed by atoms with Crippen LogP contribution in [0.1, 0.15) is 34.0 Å². The van der Waals surface area contributed by atoms with Gasteiger partial charge in [-0.05, 0) is 78.6 Å². The number of nitrogens with one attached hydrogen (secondary N) is 1. The molecular weight excluding hydrogens is 532 g/mol. The first-order valence-corrected chi connectivity index (χ1v) is 14.5. The summed E-state index contributed by atoms with van der Waals surface area (Å²) in [6.07, 6.45) is 0.968. The first-order valence-electron chi connectivity index (χ1n) is 12.7. The van der Waals surface area contributed by atoms with Gasteiger partial charge in [0, 0.05) is 10.6 Å². The Morgan fingerprint density at radius 1 is 0.897 bits per heavy atom. The third-order valence-electron chi connectivity index (χ3n) is 6.30. The maximum absolute atomic E-state index is 13.7. The van der Waals surface area contributed by atoms with Gasteiger partial charge in [0.25, 0.3) is 15.9 Å². The van der Waals surface area contributed by atoms with Crippen LogP contribution in [0.2, 0.25) is 5.02 Å². The van der Waals surface area contributed by atoms with Crippen LogP contribution >= 0.6 is 11.6 Å². The summed E-state index contributed by atoms with van der Waals surface area (Å²) in [5, 5.41) is 3.29. The molecule has 0 heterocycles. The zero-order valence-electron chi connectivity index (χ0n) is 21.9. The van der Waals surface area contributed by atoms with Crippen LogP contribution in [0.3, 0.4) is 0 Å². The van der Waals surface area contributed by atoms with E-state index in [4.69, 9.17) is 16.3 Å². The lowest BCUT2D eigenvalue weighted by atomic mass is 10.1. The second kappa shape index (κ2) is 12.8. The second-order valence-corrected chi connectivity index (χ2v) is 11.4. The lowest BCUT2D eigenvalue weighted by molar-refractivity contribution is 0.0947. The number of carbonyl (C=O) groups excluding carboxylic acids is 1. The molecule has 0 aliphatic carbocycles. The molecular formula is C31H31ClN2O4S. The molecule has 0 radical (unpaired) electrons. The number of amides is 1. The van der Waals surface area contributed by atoms with Crippen LogP contribution in [-0.2, 0) is 23.0 Å². The molecule has 0 saturated heterocycles. The Morgan fingerprint density at radius 3 is 2.23 bits per heavy atom. The monoisotopic (exact) mass is 562 g/mol. The molecule has 202 valence electrons. The number of sulfonamides is 1. The molecule has 0 bridgehead atoms. The zero-order valence-corrected chi connectivity index (χ0v) is 23.5. The number of hydrogen-bond donors (Lipinski definition) is 1. The summed E-state index contributed by atoms with van der Waals surface area (Å²) in [6, 6.07) is 28.3. The molecule has 39 heavy (non-hydrogen) atoms. The fourth-order valence-corrected chi connectivity index (χ4v) is 5.75. The van der Waals surface area contributed by atoms with Crippen molar-refractivity contribution in [3.8, 4) is 5.75 Å². The Balaban J connectivity index is 1.44. The fraction of sp³-hybridized carbons (Fsp3) is 0.194. The van der Waals surface area contributed by atoms with E-state index in [0.717, 1.165) is 23.3 Å². The second-order valence-electron chi connectivity index (χ2n) is 9.05. The van der Waals surface area contributed by atoms with Crippen molar-refractivity contribution in [3.63, 3.8) is 0 Å². The molecule has 4 aromatic rings. The van der Waals surface area contributed by atoms with Crippen molar-refractivity contribution in [1.82, 2.24) is 5.32 Å². The van der Waals surface area contributed by atoms with Gasteiger partial charge in [0.2, 0.25) is 0 Å². The van der Waals surface area contributed by atoms with E-state index in [9.17, 15) is 13.2 Å². The Labute approximate surface area is 235 Å². The van der Waals surface area contributed by atoms with Crippen LogP contribution in [0.25, 0.3) is 0 Å². The van der Waals surface area contributed by atoms with E-state index in [-0.39, 0.29) is 17.3 Å². The third kappa shape index (κ3) is 7.19. The number of anilines is 1. The molecule has 4 aromatic carbocycles. The van der Waals surface area contributed by atoms with E-state index in [1.54, 1.807) is 72.8 Å². The summed E-state index contributed by atoms with van der Waals surface area (Å²) in [7, 11) is -3.88. The number of rotatable bonds is 11. The minimum Gasteiger partial charge on any atom is -0.492 e. The van der Waals surface area contributed by atoms with E-state index in [1.165, 1.54) is 9.87 Å². The van der Waals surface area contributed by atoms with Crippen molar-refractivity contribution >= 4 is 33.2 Å². The number of benzene rings is 4. The lowest BCUT2D eigenvalue weighted by Gasteiger charge is -2.26. The average molecular weight is 563 g/mol. The molecule has 1 amide bonds. The van der Waals surface area contributed by atoms with E-state index >= 15 is 0 Å². The minimum atomic E-state index is -3.88. The summed E-state index contributed by atoms with van der Waals surface area (Å²) >= 11 is 6.24. The third-order valence-corrected chi connectivity index (χ3v) is 8.31. The molecule has 8 heteroatoms. The standard InChI is InChI=1S/C31H31ClN2O4S/c1-3-24-12-17-28(18-13-24)38-20-19-33-31(35)26-14-10-25(11-15-26)22-34(30-21-27(32)16-9-23(30)2)39(36,37)29-7-5-4-6-8-29/h4-18,21H,3,19-20,22H2,1-2H3,(H,33,35). The number of carbonyl (C=O) groups is 1. The largest absolute Gasteiger partial charge is 0.492 e. The van der Waals surface area contributed by atoms with Gasteiger partial charge in [0.05, 0.1) is 23.7 Å². The maximum Gasteiger partial charge on any atom is 0.264 e. The van der Waals surface area contributed by atoms with E-state index in [2.05, 4.69) is 12.2 Å². The first-order chi connectivity index (χ1) is 18.8. The summed E-state index contributed by atoms with van der Waals surface area (Å²) in [6.45, 7) is 4.72. The summed E-state index contributed by atoms with van der Waals surface area (Å²) in [5.41, 5.74) is 3.71. The van der Waals surface area contributed by atoms with E-state index in [1.807, 2.05) is 31.2 Å². The van der Waals surface area contributed by atoms with Crippen molar-refractivity contribution < 1.29 is 17.9 Å². The molecule has 4 rings (SSSR count). The molecule has 0 fully saturated rings. The summed E-state index contributed by atoms with van der Waals surface area (Å²) in [4.78, 5) is 12.8. The van der Waals surface area contributed by atoms with Crippen LogP contribution in [0.4, 0.5) is 5.69 Å². The zero-order chi connectivity index (χ0) is 27.8. The molecule has 0 aromatic heterocycles. The SMILES string of the molecule is CCc1ccc(OCCNC(=O)c2ccc(CN(c3cc(Cl)ccc3C)S(=O)(=O)c3ccccc3)cc2)cc1. The van der Waals surface area contributed by atoms with Gasteiger partial charge in [-0.1, -0.05) is 67.1 Å². The average Bonchev–Trinajstić information content (AvgIpc) is 2.96. The van der Waals surface area contributed by atoms with Crippen molar-refractivity contribution in [2.75, 3.05) is 17.5 Å². The Hall–Kier alpha value is -3.81. The van der Waals surface area contributed by atoms with Crippen LogP contribution in [0.5, 0.6) is 5.75 Å². The van der Waals surface area contributed by atoms with E-state index in [0.29, 0.717) is 29.4 Å². The minimum absolute atomic E-state index is 0.0744. The topological polar surface area (TPSA) is 75.7 Å². The summed E-state index contributed by atoms with van der Waals surface area (Å²) < 4.78 is 34.4. The Kier molecular flexibility index (Phi) is 9.28. The van der Waals surface area contributed by atoms with Gasteiger partial charge in [-0.2, -0.15) is 0 Å². The number of halogens is 1. The lowest BCUT2D eigenvalue weighted by Crippen LogP contribution is -2.31. The highest BCUT2D eigenvalue weighted by Crippen LogP contribution is 2.31. The number of hydrogen-bond acceptors (Lipinski definition) is 4. The van der Waals surface area contributed by atoms with Gasteiger partial charge < -0.3 is 10.1 Å². The van der Waals surface area contributed by atoms with Crippen LogP contribution in [0.15, 0.2) is 102 Å². The Bertz CT molecular complexity index is 1510. The van der Waals surface area contributed by atoms with Crippen molar-refractivity contribution in [2.45, 2.75) is 31.7 Å². The van der Waals surface area contributed by atoms with Gasteiger partial charge >= 0.3 is 0 Å². The molecule has 0 aliphatic rings. The fourth-order valence-electron chi connectivity index (χ4n) is 4.05. The molecule has 0 saturated carbocycles. The number of ether oxygens (including phenoxy) is 1. The van der Waals surface area contributed by atoms with Crippen molar-refractivity contribution in [1.29, 1.82) is 0 Å². The molecule has 0 spiro atoms. The predicted octanol–water partition coefficient (Wildman–Crippen LogP) is 6.42. The van der Waals surface area contributed by atoms with Crippen LogP contribution < -0.4 is 14.4 Å². The quantitative estimate of drug-likeness (QED) is 0.214. The van der Waals surface area contributed by atoms with Crippen molar-refractivity contribution in [2.24, 2.45) is 0 Å². The van der Waals surface area contributed by atoms with Gasteiger partial charge in [0.15, 0.2) is 0 Å². The predicted molar refractivity (Wildman–Crippen MR) is 156 cm³/mol. The number of nitrogens with zero attached hydrogens (tertiary/aromatic N) is 1. The first kappa shape index (κ1) is 28.2. The molecule has 1 N–H and O–H groups in total. The van der Waals surface area contributed by atoms with Gasteiger partial charge in [-0.25, -0.2) is 8.42 Å². The molecule has 6 nitrogen and oxygen atoms in total. The smallest absolute Gasteiger partial charge is 0.264 e.